The molecule has 1 saturated heterocycles. The second kappa shape index (κ2) is 8.64. The first kappa shape index (κ1) is 15.6. The van der Waals surface area contributed by atoms with E-state index in [9.17, 15) is 15.3 Å². The summed E-state index contributed by atoms with van der Waals surface area (Å²) in [6.07, 6.45) is 8.21. The summed E-state index contributed by atoms with van der Waals surface area (Å²) in [6.45, 7) is 2.54. The monoisotopic (exact) mass is 257 g/mol. The average Bonchev–Trinajstić information content (AvgIpc) is 2.37. The molecule has 0 aliphatic carbocycles. The van der Waals surface area contributed by atoms with Crippen LogP contribution in [-0.2, 0) is 0 Å². The van der Waals surface area contributed by atoms with Crippen molar-refractivity contribution >= 4 is 0 Å². The van der Waals surface area contributed by atoms with Crippen LogP contribution in [-0.4, -0.2) is 46.2 Å². The Labute approximate surface area is 110 Å². The van der Waals surface area contributed by atoms with E-state index in [1.54, 1.807) is 0 Å². The molecule has 0 spiro atoms. The van der Waals surface area contributed by atoms with E-state index >= 15 is 0 Å². The van der Waals surface area contributed by atoms with Crippen LogP contribution in [0.5, 0.6) is 0 Å². The first-order valence-electron chi connectivity index (χ1n) is 7.09. The topological polar surface area (TPSA) is 72.7 Å². The lowest BCUT2D eigenvalue weighted by molar-refractivity contribution is -0.0934. The Morgan fingerprint density at radius 1 is 1.06 bits per heavy atom. The van der Waals surface area contributed by atoms with Crippen molar-refractivity contribution in [2.45, 2.75) is 69.8 Å². The van der Waals surface area contributed by atoms with Gasteiger partial charge in [-0.2, -0.15) is 0 Å². The molecule has 0 radical (unpaired) electrons. The molecule has 106 valence electrons. The molecule has 1 heterocycles. The van der Waals surface area contributed by atoms with Gasteiger partial charge in [-0.05, 0) is 19.3 Å². The van der Waals surface area contributed by atoms with Crippen LogP contribution in [0.1, 0.15) is 45.4 Å². The number of hydrogen-bond donors (Lipinski definition) is 4. The highest BCUT2D eigenvalue weighted by atomic mass is 16.4. The molecule has 4 heteroatoms. The van der Waals surface area contributed by atoms with Gasteiger partial charge < -0.3 is 20.6 Å². The lowest BCUT2D eigenvalue weighted by Gasteiger charge is -2.35. The molecule has 1 aliphatic rings. The van der Waals surface area contributed by atoms with E-state index in [2.05, 4.69) is 24.4 Å². The van der Waals surface area contributed by atoms with Crippen LogP contribution in [0.25, 0.3) is 0 Å². The van der Waals surface area contributed by atoms with Crippen LogP contribution in [0.4, 0.5) is 0 Å². The van der Waals surface area contributed by atoms with Gasteiger partial charge in [0.05, 0.1) is 12.2 Å². The number of aliphatic hydroxyl groups is 3. The van der Waals surface area contributed by atoms with Crippen molar-refractivity contribution in [1.29, 1.82) is 0 Å². The number of nitrogens with one attached hydrogen (secondary N) is 1. The predicted molar refractivity (Wildman–Crippen MR) is 72.3 cm³/mol. The van der Waals surface area contributed by atoms with E-state index in [1.165, 1.54) is 25.7 Å². The quantitative estimate of drug-likeness (QED) is 0.405. The van der Waals surface area contributed by atoms with Gasteiger partial charge in [-0.25, -0.2) is 0 Å². The van der Waals surface area contributed by atoms with Crippen LogP contribution in [0, 0.1) is 0 Å². The van der Waals surface area contributed by atoms with Gasteiger partial charge in [0.2, 0.25) is 0 Å². The number of piperidine rings is 1. The van der Waals surface area contributed by atoms with Crippen LogP contribution in [0.2, 0.25) is 0 Å². The maximum absolute atomic E-state index is 9.77. The molecular formula is C14H27NO3. The Morgan fingerprint density at radius 3 is 2.56 bits per heavy atom. The van der Waals surface area contributed by atoms with Crippen molar-refractivity contribution in [1.82, 2.24) is 5.32 Å². The fourth-order valence-corrected chi connectivity index (χ4v) is 2.25. The number of aliphatic hydroxyl groups excluding tert-OH is 3. The van der Waals surface area contributed by atoms with Crippen LogP contribution in [0.3, 0.4) is 0 Å². The van der Waals surface area contributed by atoms with Gasteiger partial charge in [-0.15, -0.1) is 0 Å². The molecule has 1 aliphatic heterocycles. The lowest BCUT2D eigenvalue weighted by Crippen LogP contribution is -2.59. The molecule has 1 fully saturated rings. The maximum atomic E-state index is 9.77. The number of unbranched alkanes of at least 4 members (excludes halogenated alkanes) is 4. The third-order valence-electron chi connectivity index (χ3n) is 3.53. The second-order valence-electron chi connectivity index (χ2n) is 5.12. The van der Waals surface area contributed by atoms with Gasteiger partial charge in [0.15, 0.2) is 0 Å². The van der Waals surface area contributed by atoms with E-state index in [-0.39, 0.29) is 6.04 Å². The van der Waals surface area contributed by atoms with Crippen LogP contribution >= 0.6 is 0 Å². The first-order chi connectivity index (χ1) is 8.66. The highest BCUT2D eigenvalue weighted by Crippen LogP contribution is 2.14. The van der Waals surface area contributed by atoms with Crippen molar-refractivity contribution < 1.29 is 15.3 Å². The fraction of sp³-hybridized carbons (Fsp3) is 0.857. The Balaban J connectivity index is 2.16. The summed E-state index contributed by atoms with van der Waals surface area (Å²) in [7, 11) is 0. The molecule has 18 heavy (non-hydrogen) atoms. The lowest BCUT2D eigenvalue weighted by atomic mass is 9.94. The van der Waals surface area contributed by atoms with Crippen molar-refractivity contribution in [3.8, 4) is 0 Å². The molecule has 0 bridgehead atoms. The van der Waals surface area contributed by atoms with Crippen molar-refractivity contribution in [2.24, 2.45) is 0 Å². The minimum atomic E-state index is -1.03. The summed E-state index contributed by atoms with van der Waals surface area (Å²) < 4.78 is 0. The highest BCUT2D eigenvalue weighted by Gasteiger charge is 2.35. The van der Waals surface area contributed by atoms with Crippen molar-refractivity contribution in [3.63, 3.8) is 0 Å². The van der Waals surface area contributed by atoms with Gasteiger partial charge in [0.1, 0.15) is 6.10 Å². The van der Waals surface area contributed by atoms with Crippen LogP contribution in [0.15, 0.2) is 12.2 Å². The zero-order valence-corrected chi connectivity index (χ0v) is 11.3. The van der Waals surface area contributed by atoms with Gasteiger partial charge >= 0.3 is 0 Å². The van der Waals surface area contributed by atoms with E-state index in [4.69, 9.17) is 0 Å². The molecule has 4 nitrogen and oxygen atoms in total. The molecule has 4 atom stereocenters. The summed E-state index contributed by atoms with van der Waals surface area (Å²) in [4.78, 5) is 0. The molecule has 4 N–H and O–H groups in total. The molecule has 0 amide bonds. The minimum Gasteiger partial charge on any atom is -0.389 e. The van der Waals surface area contributed by atoms with Crippen LogP contribution < -0.4 is 5.32 Å². The predicted octanol–water partition coefficient (Wildman–Crippen LogP) is 0.958. The first-order valence-corrected chi connectivity index (χ1v) is 7.09. The van der Waals surface area contributed by atoms with E-state index in [1.807, 2.05) is 0 Å². The summed E-state index contributed by atoms with van der Waals surface area (Å²) in [5.41, 5.74) is 0. The molecule has 0 unspecified atom stereocenters. The second-order valence-corrected chi connectivity index (χ2v) is 5.12. The Bertz CT molecular complexity index is 245. The maximum Gasteiger partial charge on any atom is 0.108 e. The van der Waals surface area contributed by atoms with Gasteiger partial charge in [0.25, 0.3) is 0 Å². The molecule has 1 rings (SSSR count). The summed E-state index contributed by atoms with van der Waals surface area (Å²) in [5, 5.41) is 31.7. The third kappa shape index (κ3) is 5.06. The van der Waals surface area contributed by atoms with Crippen molar-refractivity contribution in [3.05, 3.63) is 12.2 Å². The number of hydrogen-bond acceptors (Lipinski definition) is 4. The Kier molecular flexibility index (Phi) is 7.51. The Morgan fingerprint density at radius 2 is 1.83 bits per heavy atom. The van der Waals surface area contributed by atoms with Gasteiger partial charge in [-0.1, -0.05) is 38.3 Å². The molecular weight excluding hydrogens is 230 g/mol. The molecule has 0 aromatic carbocycles. The SMILES string of the molecule is CCCCCC/C=C/C[C@H]1NC[C@@H](O)[C@H](O)[C@H]1O. The largest absolute Gasteiger partial charge is 0.389 e. The summed E-state index contributed by atoms with van der Waals surface area (Å²) in [6, 6.07) is -0.157. The van der Waals surface area contributed by atoms with Crippen molar-refractivity contribution in [2.75, 3.05) is 6.54 Å². The smallest absolute Gasteiger partial charge is 0.108 e. The average molecular weight is 257 g/mol. The molecule has 0 aromatic heterocycles. The molecule has 0 aromatic rings. The summed E-state index contributed by atoms with van der Waals surface area (Å²) >= 11 is 0. The zero-order chi connectivity index (χ0) is 13.4. The normalized spacial score (nSPS) is 33.1. The molecule has 0 saturated carbocycles. The third-order valence-corrected chi connectivity index (χ3v) is 3.53. The summed E-state index contributed by atoms with van der Waals surface area (Å²) in [5.74, 6) is 0. The van der Waals surface area contributed by atoms with E-state index < -0.39 is 18.3 Å². The number of rotatable bonds is 7. The zero-order valence-electron chi connectivity index (χ0n) is 11.3. The Hall–Kier alpha value is -0.420. The fourth-order valence-electron chi connectivity index (χ4n) is 2.25. The van der Waals surface area contributed by atoms with Gasteiger partial charge in [-0.3, -0.25) is 0 Å². The number of allylic oxidation sites excluding steroid dienone is 1. The number of β-amino-alcohol motifs (C(OH)–C–C–N with tert-alkyl or cyclic N) is 1. The van der Waals surface area contributed by atoms with E-state index in [0.717, 1.165) is 6.42 Å². The van der Waals surface area contributed by atoms with Gasteiger partial charge in [0, 0.05) is 12.6 Å². The van der Waals surface area contributed by atoms with E-state index in [0.29, 0.717) is 13.0 Å². The highest BCUT2D eigenvalue weighted by molar-refractivity contribution is 4.96. The standard InChI is InChI=1S/C14H27NO3/c1-2-3-4-5-6-7-8-9-11-13(17)14(18)12(16)10-15-11/h7-8,11-18H,2-6,9-10H2,1H3/b8-7+/t11-,12-,13+,14+/m1/s1. The minimum absolute atomic E-state index is 0.157.